The largest absolute Gasteiger partial charge is 0.453 e. The predicted octanol–water partition coefficient (Wildman–Crippen LogP) is 3.43. The fourth-order valence-electron chi connectivity index (χ4n) is 1.82. The summed E-state index contributed by atoms with van der Waals surface area (Å²) in [5.41, 5.74) is 7.67. The third-order valence-corrected chi connectivity index (χ3v) is 3.12. The van der Waals surface area contributed by atoms with E-state index < -0.39 is 0 Å². The molecule has 0 aliphatic heterocycles. The van der Waals surface area contributed by atoms with Gasteiger partial charge in [-0.25, -0.2) is 4.98 Å². The Morgan fingerprint density at radius 1 is 1.17 bits per heavy atom. The summed E-state index contributed by atoms with van der Waals surface area (Å²) in [6.07, 6.45) is 0.509. The van der Waals surface area contributed by atoms with Crippen LogP contribution in [0.2, 0.25) is 0 Å². The Morgan fingerprint density at radius 3 is 2.72 bits per heavy atom. The van der Waals surface area contributed by atoms with Crippen LogP contribution in [0.15, 0.2) is 49.9 Å². The Bertz CT molecular complexity index is 641. The van der Waals surface area contributed by atoms with Gasteiger partial charge < -0.3 is 14.6 Å². The number of hydrogen-bond acceptors (Lipinski definition) is 4. The van der Waals surface area contributed by atoms with Gasteiger partial charge in [0.2, 0.25) is 0 Å². The molecular weight excluding hydrogens is 296 g/mol. The molecule has 1 unspecified atom stereocenters. The second kappa shape index (κ2) is 4.59. The number of benzene rings is 1. The lowest BCUT2D eigenvalue weighted by molar-refractivity contribution is 0.423. The molecule has 1 aromatic carbocycles. The lowest BCUT2D eigenvalue weighted by atomic mass is 10.2. The SMILES string of the molecule is NC(Cc1nc2ccccc2o1)c1ccc(Br)o1. The van der Waals surface area contributed by atoms with Gasteiger partial charge in [0.15, 0.2) is 16.1 Å². The summed E-state index contributed by atoms with van der Waals surface area (Å²) in [6.45, 7) is 0. The number of aromatic nitrogens is 1. The zero-order valence-corrected chi connectivity index (χ0v) is 11.1. The van der Waals surface area contributed by atoms with E-state index in [9.17, 15) is 0 Å². The van der Waals surface area contributed by atoms with E-state index in [0.717, 1.165) is 11.1 Å². The first-order chi connectivity index (χ1) is 8.72. The van der Waals surface area contributed by atoms with Crippen molar-refractivity contribution >= 4 is 27.0 Å². The van der Waals surface area contributed by atoms with Crippen molar-refractivity contribution in [3.05, 3.63) is 52.7 Å². The molecule has 0 aliphatic carbocycles. The van der Waals surface area contributed by atoms with Crippen LogP contribution in [0.4, 0.5) is 0 Å². The molecule has 0 saturated carbocycles. The standard InChI is InChI=1S/C13H11BrN2O2/c14-12-6-5-10(17-12)8(15)7-13-16-9-3-1-2-4-11(9)18-13/h1-6,8H,7,15H2. The number of rotatable bonds is 3. The van der Waals surface area contributed by atoms with Crippen molar-refractivity contribution in [2.24, 2.45) is 5.73 Å². The van der Waals surface area contributed by atoms with E-state index in [4.69, 9.17) is 14.6 Å². The molecule has 0 radical (unpaired) electrons. The van der Waals surface area contributed by atoms with Crippen molar-refractivity contribution in [2.45, 2.75) is 12.5 Å². The van der Waals surface area contributed by atoms with Crippen LogP contribution in [-0.4, -0.2) is 4.98 Å². The summed E-state index contributed by atoms with van der Waals surface area (Å²) in [4.78, 5) is 4.38. The first kappa shape index (κ1) is 11.5. The molecule has 0 bridgehead atoms. The van der Waals surface area contributed by atoms with E-state index in [1.54, 1.807) is 0 Å². The van der Waals surface area contributed by atoms with Crippen molar-refractivity contribution in [3.8, 4) is 0 Å². The van der Waals surface area contributed by atoms with E-state index in [1.807, 2.05) is 36.4 Å². The van der Waals surface area contributed by atoms with Gasteiger partial charge in [-0.05, 0) is 40.2 Å². The molecule has 92 valence electrons. The number of nitrogens with zero attached hydrogens (tertiary/aromatic N) is 1. The van der Waals surface area contributed by atoms with Gasteiger partial charge in [-0.1, -0.05) is 12.1 Å². The van der Waals surface area contributed by atoms with Gasteiger partial charge in [-0.3, -0.25) is 0 Å². The van der Waals surface area contributed by atoms with Crippen LogP contribution < -0.4 is 5.73 Å². The van der Waals surface area contributed by atoms with E-state index >= 15 is 0 Å². The first-order valence-corrected chi connectivity index (χ1v) is 6.37. The summed E-state index contributed by atoms with van der Waals surface area (Å²) >= 11 is 3.25. The van der Waals surface area contributed by atoms with Crippen LogP contribution in [0.25, 0.3) is 11.1 Å². The highest BCUT2D eigenvalue weighted by atomic mass is 79.9. The van der Waals surface area contributed by atoms with Crippen LogP contribution in [0, 0.1) is 0 Å². The second-order valence-electron chi connectivity index (χ2n) is 4.03. The van der Waals surface area contributed by atoms with Gasteiger partial charge in [-0.2, -0.15) is 0 Å². The molecule has 2 N–H and O–H groups in total. The van der Waals surface area contributed by atoms with Crippen LogP contribution in [-0.2, 0) is 6.42 Å². The molecule has 3 rings (SSSR count). The van der Waals surface area contributed by atoms with Gasteiger partial charge in [0.1, 0.15) is 11.3 Å². The predicted molar refractivity (Wildman–Crippen MR) is 71.0 cm³/mol. The van der Waals surface area contributed by atoms with Gasteiger partial charge in [0.05, 0.1) is 6.04 Å². The fraction of sp³-hybridized carbons (Fsp3) is 0.154. The summed E-state index contributed by atoms with van der Waals surface area (Å²) < 4.78 is 11.7. The van der Waals surface area contributed by atoms with Crippen LogP contribution in [0.1, 0.15) is 17.7 Å². The number of hydrogen-bond donors (Lipinski definition) is 1. The zero-order chi connectivity index (χ0) is 12.5. The molecule has 4 nitrogen and oxygen atoms in total. The van der Waals surface area contributed by atoms with Crippen LogP contribution >= 0.6 is 15.9 Å². The smallest absolute Gasteiger partial charge is 0.197 e. The molecule has 0 fully saturated rings. The molecule has 2 heterocycles. The lowest BCUT2D eigenvalue weighted by Gasteiger charge is -2.04. The van der Waals surface area contributed by atoms with E-state index in [0.29, 0.717) is 22.7 Å². The molecule has 1 atom stereocenters. The molecule has 18 heavy (non-hydrogen) atoms. The number of nitrogens with two attached hydrogens (primary N) is 1. The molecule has 5 heteroatoms. The highest BCUT2D eigenvalue weighted by Gasteiger charge is 2.15. The summed E-state index contributed by atoms with van der Waals surface area (Å²) in [5.74, 6) is 1.33. The Morgan fingerprint density at radius 2 is 2.00 bits per heavy atom. The molecule has 3 aromatic rings. The Balaban J connectivity index is 1.83. The molecule has 0 aliphatic rings. The van der Waals surface area contributed by atoms with E-state index in [-0.39, 0.29) is 6.04 Å². The average molecular weight is 307 g/mol. The molecule has 0 spiro atoms. The van der Waals surface area contributed by atoms with Gasteiger partial charge >= 0.3 is 0 Å². The van der Waals surface area contributed by atoms with E-state index in [2.05, 4.69) is 20.9 Å². The Hall–Kier alpha value is -1.59. The highest BCUT2D eigenvalue weighted by molar-refractivity contribution is 9.10. The van der Waals surface area contributed by atoms with Gasteiger partial charge in [0, 0.05) is 6.42 Å². The van der Waals surface area contributed by atoms with Crippen molar-refractivity contribution < 1.29 is 8.83 Å². The van der Waals surface area contributed by atoms with Crippen molar-refractivity contribution in [3.63, 3.8) is 0 Å². The van der Waals surface area contributed by atoms with Gasteiger partial charge in [0.25, 0.3) is 0 Å². The Kier molecular flexibility index (Phi) is 2.93. The van der Waals surface area contributed by atoms with Gasteiger partial charge in [-0.15, -0.1) is 0 Å². The lowest BCUT2D eigenvalue weighted by Crippen LogP contribution is -2.12. The molecule has 2 aromatic heterocycles. The second-order valence-corrected chi connectivity index (χ2v) is 4.81. The minimum atomic E-state index is -0.260. The molecule has 0 amide bonds. The monoisotopic (exact) mass is 306 g/mol. The third-order valence-electron chi connectivity index (χ3n) is 2.69. The molecular formula is C13H11BrN2O2. The van der Waals surface area contributed by atoms with Crippen LogP contribution in [0.3, 0.4) is 0 Å². The number of fused-ring (bicyclic) bond motifs is 1. The van der Waals surface area contributed by atoms with E-state index in [1.165, 1.54) is 0 Å². The normalized spacial score (nSPS) is 13.0. The van der Waals surface area contributed by atoms with Crippen molar-refractivity contribution in [1.29, 1.82) is 0 Å². The maximum Gasteiger partial charge on any atom is 0.197 e. The summed E-state index contributed by atoms with van der Waals surface area (Å²) in [6, 6.07) is 11.1. The van der Waals surface area contributed by atoms with Crippen molar-refractivity contribution in [2.75, 3.05) is 0 Å². The fourth-order valence-corrected chi connectivity index (χ4v) is 2.14. The maximum absolute atomic E-state index is 6.05. The number of para-hydroxylation sites is 2. The Labute approximate surface area is 112 Å². The third kappa shape index (κ3) is 2.19. The quantitative estimate of drug-likeness (QED) is 0.805. The minimum Gasteiger partial charge on any atom is -0.453 e. The highest BCUT2D eigenvalue weighted by Crippen LogP contribution is 2.23. The first-order valence-electron chi connectivity index (χ1n) is 5.57. The molecule has 0 saturated heterocycles. The minimum absolute atomic E-state index is 0.260. The summed E-state index contributed by atoms with van der Waals surface area (Å²) in [5, 5.41) is 0. The topological polar surface area (TPSA) is 65.2 Å². The summed E-state index contributed by atoms with van der Waals surface area (Å²) in [7, 11) is 0. The zero-order valence-electron chi connectivity index (χ0n) is 9.47. The average Bonchev–Trinajstić information content (AvgIpc) is 2.94. The number of oxazole rings is 1. The van der Waals surface area contributed by atoms with Crippen LogP contribution in [0.5, 0.6) is 0 Å². The van der Waals surface area contributed by atoms with Crippen molar-refractivity contribution in [1.82, 2.24) is 4.98 Å². The number of furan rings is 1. The maximum atomic E-state index is 6.05. The number of halogens is 1.